The highest BCUT2D eigenvalue weighted by Gasteiger charge is 2.24. The summed E-state index contributed by atoms with van der Waals surface area (Å²) >= 11 is 6.10. The molecule has 7 heteroatoms. The molecule has 0 fully saturated rings. The van der Waals surface area contributed by atoms with Crippen LogP contribution >= 0.6 is 11.6 Å². The Morgan fingerprint density at radius 3 is 2.82 bits per heavy atom. The average molecular weight is 396 g/mol. The minimum atomic E-state index is 0.321. The standard InChI is InChI=1S/C21H22ClN5O/c1-2-28-19-6-4-3-5-15(19)11-27-21-25-9-14(10-26-21)7-16-12-23-20-18(16)8-17(22)13-24-20/h3-6,8-10,13,16H,2,7,11-12H2,1H3,(H,23,24)(H,25,26,27). The summed E-state index contributed by atoms with van der Waals surface area (Å²) in [6.45, 7) is 4.08. The molecule has 2 aromatic heterocycles. The number of halogens is 1. The lowest BCUT2D eigenvalue weighted by atomic mass is 9.96. The van der Waals surface area contributed by atoms with E-state index in [9.17, 15) is 0 Å². The van der Waals surface area contributed by atoms with Gasteiger partial charge in [0.25, 0.3) is 0 Å². The van der Waals surface area contributed by atoms with Crippen LogP contribution in [0.1, 0.15) is 29.5 Å². The van der Waals surface area contributed by atoms with Gasteiger partial charge in [-0.15, -0.1) is 0 Å². The van der Waals surface area contributed by atoms with Crippen LogP contribution in [0.25, 0.3) is 0 Å². The average Bonchev–Trinajstić information content (AvgIpc) is 3.10. The van der Waals surface area contributed by atoms with Crippen LogP contribution in [0.5, 0.6) is 5.75 Å². The fourth-order valence-electron chi connectivity index (χ4n) is 3.38. The van der Waals surface area contributed by atoms with Gasteiger partial charge < -0.3 is 15.4 Å². The summed E-state index contributed by atoms with van der Waals surface area (Å²) in [5, 5.41) is 7.25. The number of hydrogen-bond donors (Lipinski definition) is 2. The molecule has 6 nitrogen and oxygen atoms in total. The van der Waals surface area contributed by atoms with Gasteiger partial charge in [-0.1, -0.05) is 29.8 Å². The van der Waals surface area contributed by atoms with Gasteiger partial charge in [-0.3, -0.25) is 0 Å². The molecule has 0 radical (unpaired) electrons. The number of anilines is 2. The van der Waals surface area contributed by atoms with E-state index in [2.05, 4.69) is 25.6 Å². The molecule has 0 amide bonds. The van der Waals surface area contributed by atoms with Gasteiger partial charge in [-0.05, 0) is 31.0 Å². The van der Waals surface area contributed by atoms with Crippen LogP contribution in [0.2, 0.25) is 5.02 Å². The van der Waals surface area contributed by atoms with E-state index < -0.39 is 0 Å². The molecule has 0 bridgehead atoms. The number of aromatic nitrogens is 3. The zero-order valence-corrected chi connectivity index (χ0v) is 16.4. The molecule has 28 heavy (non-hydrogen) atoms. The quantitative estimate of drug-likeness (QED) is 0.621. The Morgan fingerprint density at radius 1 is 1.18 bits per heavy atom. The molecule has 0 spiro atoms. The smallest absolute Gasteiger partial charge is 0.222 e. The Labute approximate surface area is 169 Å². The van der Waals surface area contributed by atoms with E-state index in [0.717, 1.165) is 41.2 Å². The summed E-state index contributed by atoms with van der Waals surface area (Å²) in [6.07, 6.45) is 6.26. The van der Waals surface area contributed by atoms with Crippen molar-refractivity contribution >= 4 is 23.4 Å². The molecular formula is C21H22ClN5O. The zero-order valence-electron chi connectivity index (χ0n) is 15.7. The highest BCUT2D eigenvalue weighted by molar-refractivity contribution is 6.30. The van der Waals surface area contributed by atoms with Gasteiger partial charge in [0.15, 0.2) is 0 Å². The minimum Gasteiger partial charge on any atom is -0.494 e. The number of nitrogens with one attached hydrogen (secondary N) is 2. The molecule has 0 saturated heterocycles. The lowest BCUT2D eigenvalue weighted by molar-refractivity contribution is 0.337. The van der Waals surface area contributed by atoms with E-state index in [4.69, 9.17) is 16.3 Å². The zero-order chi connectivity index (χ0) is 19.3. The molecule has 3 aromatic rings. The van der Waals surface area contributed by atoms with Gasteiger partial charge in [-0.25, -0.2) is 15.0 Å². The van der Waals surface area contributed by atoms with E-state index in [1.54, 1.807) is 6.20 Å². The Kier molecular flexibility index (Phi) is 5.58. The van der Waals surface area contributed by atoms with Crippen molar-refractivity contribution in [1.29, 1.82) is 0 Å². The lowest BCUT2D eigenvalue weighted by Crippen LogP contribution is -2.08. The molecule has 1 atom stereocenters. The van der Waals surface area contributed by atoms with Crippen LogP contribution in [-0.4, -0.2) is 28.1 Å². The number of fused-ring (bicyclic) bond motifs is 1. The van der Waals surface area contributed by atoms with Crippen molar-refractivity contribution in [1.82, 2.24) is 15.0 Å². The number of nitrogens with zero attached hydrogens (tertiary/aromatic N) is 3. The molecule has 144 valence electrons. The maximum atomic E-state index is 6.10. The maximum Gasteiger partial charge on any atom is 0.222 e. The number of rotatable bonds is 7. The summed E-state index contributed by atoms with van der Waals surface area (Å²) in [5.74, 6) is 2.72. The number of para-hydroxylation sites is 1. The van der Waals surface area contributed by atoms with E-state index in [1.807, 2.05) is 49.6 Å². The van der Waals surface area contributed by atoms with Crippen molar-refractivity contribution in [3.05, 3.63) is 70.6 Å². The second kappa shape index (κ2) is 8.44. The Balaban J connectivity index is 1.38. The van der Waals surface area contributed by atoms with Crippen molar-refractivity contribution in [3.63, 3.8) is 0 Å². The molecule has 1 aromatic carbocycles. The van der Waals surface area contributed by atoms with Crippen molar-refractivity contribution in [3.8, 4) is 5.75 Å². The molecule has 4 rings (SSSR count). The van der Waals surface area contributed by atoms with Crippen molar-refractivity contribution in [2.45, 2.75) is 25.8 Å². The molecule has 0 saturated carbocycles. The first-order chi connectivity index (χ1) is 13.7. The lowest BCUT2D eigenvalue weighted by Gasteiger charge is -2.12. The van der Waals surface area contributed by atoms with Crippen molar-refractivity contribution in [2.75, 3.05) is 23.8 Å². The molecular weight excluding hydrogens is 374 g/mol. The summed E-state index contributed by atoms with van der Waals surface area (Å²) in [4.78, 5) is 13.3. The largest absolute Gasteiger partial charge is 0.494 e. The van der Waals surface area contributed by atoms with E-state index in [1.165, 1.54) is 0 Å². The topological polar surface area (TPSA) is 72.0 Å². The first-order valence-corrected chi connectivity index (χ1v) is 9.75. The second-order valence-electron chi connectivity index (χ2n) is 6.68. The SMILES string of the molecule is CCOc1ccccc1CNc1ncc(CC2CNc3ncc(Cl)cc32)cn1. The number of benzene rings is 1. The highest BCUT2D eigenvalue weighted by atomic mass is 35.5. The van der Waals surface area contributed by atoms with Crippen molar-refractivity contribution in [2.24, 2.45) is 0 Å². The summed E-state index contributed by atoms with van der Waals surface area (Å²) in [6, 6.07) is 9.97. The molecule has 2 N–H and O–H groups in total. The molecule has 1 unspecified atom stereocenters. The third-order valence-corrected chi connectivity index (χ3v) is 4.94. The third-order valence-electron chi connectivity index (χ3n) is 4.74. The van der Waals surface area contributed by atoms with Gasteiger partial charge >= 0.3 is 0 Å². The van der Waals surface area contributed by atoms with Crippen LogP contribution in [0.3, 0.4) is 0 Å². The first kappa shape index (κ1) is 18.5. The molecule has 3 heterocycles. The Bertz CT molecular complexity index is 948. The second-order valence-corrected chi connectivity index (χ2v) is 7.12. The van der Waals surface area contributed by atoms with Gasteiger partial charge in [-0.2, -0.15) is 0 Å². The molecule has 0 aliphatic carbocycles. The van der Waals surface area contributed by atoms with Crippen LogP contribution in [0, 0.1) is 0 Å². The summed E-state index contributed by atoms with van der Waals surface area (Å²) in [7, 11) is 0. The first-order valence-electron chi connectivity index (χ1n) is 9.37. The van der Waals surface area contributed by atoms with Crippen molar-refractivity contribution < 1.29 is 4.74 Å². The number of ether oxygens (including phenoxy) is 1. The van der Waals surface area contributed by atoms with E-state index in [-0.39, 0.29) is 0 Å². The highest BCUT2D eigenvalue weighted by Crippen LogP contribution is 2.33. The van der Waals surface area contributed by atoms with E-state index >= 15 is 0 Å². The predicted molar refractivity (Wildman–Crippen MR) is 111 cm³/mol. The van der Waals surface area contributed by atoms with Gasteiger partial charge in [0, 0.05) is 48.7 Å². The predicted octanol–water partition coefficient (Wildman–Crippen LogP) is 4.29. The molecule has 1 aliphatic heterocycles. The normalized spacial score (nSPS) is 15.0. The van der Waals surface area contributed by atoms with Gasteiger partial charge in [0.05, 0.1) is 11.6 Å². The Hall–Kier alpha value is -2.86. The maximum absolute atomic E-state index is 6.10. The van der Waals surface area contributed by atoms with Gasteiger partial charge in [0.1, 0.15) is 11.6 Å². The van der Waals surface area contributed by atoms with Crippen LogP contribution in [-0.2, 0) is 13.0 Å². The minimum absolute atomic E-state index is 0.321. The Morgan fingerprint density at radius 2 is 2.00 bits per heavy atom. The van der Waals surface area contributed by atoms with Crippen LogP contribution in [0.15, 0.2) is 48.9 Å². The molecule has 1 aliphatic rings. The summed E-state index contributed by atoms with van der Waals surface area (Å²) < 4.78 is 5.65. The van der Waals surface area contributed by atoms with Crippen LogP contribution in [0.4, 0.5) is 11.8 Å². The fourth-order valence-corrected chi connectivity index (χ4v) is 3.55. The fraction of sp³-hybridized carbons (Fsp3) is 0.286. The van der Waals surface area contributed by atoms with E-state index in [0.29, 0.717) is 30.0 Å². The van der Waals surface area contributed by atoms with Crippen LogP contribution < -0.4 is 15.4 Å². The van der Waals surface area contributed by atoms with Gasteiger partial charge in [0.2, 0.25) is 5.95 Å². The number of pyridine rings is 1. The number of hydrogen-bond acceptors (Lipinski definition) is 6. The monoisotopic (exact) mass is 395 g/mol. The summed E-state index contributed by atoms with van der Waals surface area (Å²) in [5.41, 5.74) is 3.32. The third kappa shape index (κ3) is 4.17.